The molecular formula is C32H46O3Te. The van der Waals surface area contributed by atoms with Gasteiger partial charge in [-0.25, -0.2) is 0 Å². The van der Waals surface area contributed by atoms with E-state index in [4.69, 9.17) is 4.74 Å². The molecule has 0 saturated heterocycles. The van der Waals surface area contributed by atoms with E-state index in [1.54, 1.807) is 0 Å². The van der Waals surface area contributed by atoms with Crippen molar-refractivity contribution in [2.24, 2.45) is 17.8 Å². The summed E-state index contributed by atoms with van der Waals surface area (Å²) in [5.74, 6) is 2.27. The molecule has 3 nitrogen and oxygen atoms in total. The van der Waals surface area contributed by atoms with Crippen LogP contribution in [0.4, 0.5) is 0 Å². The van der Waals surface area contributed by atoms with Gasteiger partial charge in [0.05, 0.1) is 0 Å². The number of rotatable bonds is 8. The van der Waals surface area contributed by atoms with E-state index in [0.29, 0.717) is 41.1 Å². The molecule has 0 bridgehead atoms. The summed E-state index contributed by atoms with van der Waals surface area (Å²) in [6.45, 7) is 19.9. The Labute approximate surface area is 226 Å². The molecule has 2 aromatic rings. The molecule has 4 heteroatoms. The Morgan fingerprint density at radius 2 is 1.42 bits per heavy atom. The predicted octanol–water partition coefficient (Wildman–Crippen LogP) is 7.21. The van der Waals surface area contributed by atoms with Gasteiger partial charge in [-0.1, -0.05) is 0 Å². The second-order valence-electron chi connectivity index (χ2n) is 12.1. The average molecular weight is 606 g/mol. The molecule has 1 fully saturated rings. The summed E-state index contributed by atoms with van der Waals surface area (Å²) in [4.78, 5) is 13.0. The van der Waals surface area contributed by atoms with Crippen LogP contribution in [-0.4, -0.2) is 31.6 Å². The standard InChI is InChI=1S/C32H46O3Te/c1-19(2)25-17-28(21(5)6)31(29(18-25)22(7)8)36(34)26-13-11-24(12-14-26)32(33)35-30-16-23(9)10-15-27(30)20(3)4/h11-14,17-23,27,30H,10,15-16H2,1-9H3/t23-,27+,30-/m1/s1. The molecule has 0 heterocycles. The molecule has 36 heavy (non-hydrogen) atoms. The Morgan fingerprint density at radius 1 is 0.861 bits per heavy atom. The Kier molecular flexibility index (Phi) is 9.98. The van der Waals surface area contributed by atoms with E-state index in [1.807, 2.05) is 24.3 Å². The maximum absolute atomic E-state index is 14.1. The molecule has 198 valence electrons. The van der Waals surface area contributed by atoms with E-state index in [-0.39, 0.29) is 12.1 Å². The first kappa shape index (κ1) is 29.1. The van der Waals surface area contributed by atoms with Gasteiger partial charge >= 0.3 is 227 Å². The third-order valence-electron chi connectivity index (χ3n) is 7.79. The zero-order valence-electron chi connectivity index (χ0n) is 23.8. The monoisotopic (exact) mass is 608 g/mol. The van der Waals surface area contributed by atoms with Crippen LogP contribution in [0.2, 0.25) is 0 Å². The molecule has 1 aliphatic carbocycles. The Balaban J connectivity index is 1.88. The number of benzene rings is 2. The van der Waals surface area contributed by atoms with Gasteiger partial charge in [-0.05, 0) is 0 Å². The summed E-state index contributed by atoms with van der Waals surface area (Å²) in [5, 5.41) is 0. The fourth-order valence-corrected chi connectivity index (χ4v) is 10.1. The normalized spacial score (nSPS) is 20.7. The van der Waals surface area contributed by atoms with Gasteiger partial charge in [0.25, 0.3) is 0 Å². The van der Waals surface area contributed by atoms with Crippen LogP contribution >= 0.6 is 0 Å². The van der Waals surface area contributed by atoms with Crippen LogP contribution in [0.5, 0.6) is 0 Å². The summed E-state index contributed by atoms with van der Waals surface area (Å²) < 4.78 is 22.0. The molecule has 0 amide bonds. The van der Waals surface area contributed by atoms with Gasteiger partial charge in [0.15, 0.2) is 0 Å². The summed E-state index contributed by atoms with van der Waals surface area (Å²) >= 11 is -3.06. The van der Waals surface area contributed by atoms with E-state index < -0.39 is 19.5 Å². The van der Waals surface area contributed by atoms with E-state index in [1.165, 1.54) is 23.1 Å². The predicted molar refractivity (Wildman–Crippen MR) is 151 cm³/mol. The van der Waals surface area contributed by atoms with Gasteiger partial charge in [0.2, 0.25) is 0 Å². The van der Waals surface area contributed by atoms with Crippen LogP contribution in [0.3, 0.4) is 0 Å². The van der Waals surface area contributed by atoms with Crippen molar-refractivity contribution in [3.63, 3.8) is 0 Å². The molecule has 3 atom stereocenters. The quantitative estimate of drug-likeness (QED) is 0.236. The van der Waals surface area contributed by atoms with Crippen molar-refractivity contribution < 1.29 is 12.6 Å². The second-order valence-corrected chi connectivity index (χ2v) is 16.1. The summed E-state index contributed by atoms with van der Waals surface area (Å²) in [6, 6.07) is 12.0. The van der Waals surface area contributed by atoms with E-state index >= 15 is 0 Å². The van der Waals surface area contributed by atoms with Gasteiger partial charge < -0.3 is 0 Å². The summed E-state index contributed by atoms with van der Waals surface area (Å²) in [6.07, 6.45) is 3.24. The van der Waals surface area contributed by atoms with Crippen molar-refractivity contribution in [2.45, 2.75) is 105 Å². The van der Waals surface area contributed by atoms with Gasteiger partial charge in [0, 0.05) is 0 Å². The topological polar surface area (TPSA) is 43.4 Å². The van der Waals surface area contributed by atoms with Crippen molar-refractivity contribution in [3.05, 3.63) is 58.7 Å². The van der Waals surface area contributed by atoms with Gasteiger partial charge in [0.1, 0.15) is 0 Å². The maximum atomic E-state index is 14.1. The van der Waals surface area contributed by atoms with Crippen LogP contribution in [0.15, 0.2) is 36.4 Å². The third-order valence-corrected chi connectivity index (χ3v) is 12.2. The van der Waals surface area contributed by atoms with Crippen LogP contribution in [0, 0.1) is 17.8 Å². The average Bonchev–Trinajstić information content (AvgIpc) is 2.82. The SMILES string of the molecule is CC(C)c1cc(C(C)C)c([Te](=O)c2ccc(C(=O)O[C@@H]3C[C@H](C)CC[C@H]3C(C)C)cc2)c(C(C)C)c1. The van der Waals surface area contributed by atoms with E-state index in [0.717, 1.165) is 20.1 Å². The first-order valence-electron chi connectivity index (χ1n) is 13.8. The van der Waals surface area contributed by atoms with Gasteiger partial charge in [-0.2, -0.15) is 0 Å². The van der Waals surface area contributed by atoms with Crippen molar-refractivity contribution in [3.8, 4) is 0 Å². The summed E-state index contributed by atoms with van der Waals surface area (Å²) in [5.41, 5.74) is 4.29. The molecule has 0 N–H and O–H groups in total. The van der Waals surface area contributed by atoms with Crippen molar-refractivity contribution in [1.82, 2.24) is 0 Å². The van der Waals surface area contributed by atoms with Crippen LogP contribution in [0.1, 0.15) is 126 Å². The van der Waals surface area contributed by atoms with Crippen LogP contribution in [0.25, 0.3) is 0 Å². The molecule has 0 radical (unpaired) electrons. The zero-order valence-corrected chi connectivity index (χ0v) is 26.1. The van der Waals surface area contributed by atoms with Gasteiger partial charge in [-0.3, -0.25) is 0 Å². The van der Waals surface area contributed by atoms with Crippen molar-refractivity contribution >= 4 is 32.7 Å². The first-order valence-corrected chi connectivity index (χ1v) is 17.1. The number of carbonyl (C=O) groups excluding carboxylic acids is 1. The zero-order chi connectivity index (χ0) is 26.7. The second kappa shape index (κ2) is 12.4. The number of esters is 1. The van der Waals surface area contributed by atoms with Crippen LogP contribution in [-0.2, 0) is 7.84 Å². The molecule has 0 unspecified atom stereocenters. The molecule has 0 aromatic heterocycles. The first-order chi connectivity index (χ1) is 16.9. The van der Waals surface area contributed by atoms with Gasteiger partial charge in [-0.15, -0.1) is 0 Å². The molecule has 1 aliphatic rings. The van der Waals surface area contributed by atoms with E-state index in [9.17, 15) is 7.90 Å². The Hall–Kier alpha value is -1.50. The summed E-state index contributed by atoms with van der Waals surface area (Å²) in [7, 11) is 0. The molecule has 0 spiro atoms. The molecule has 3 rings (SSSR count). The molecule has 2 aromatic carbocycles. The fraction of sp³-hybridized carbons (Fsp3) is 0.594. The van der Waals surface area contributed by atoms with Crippen LogP contribution < -0.4 is 7.22 Å². The minimum absolute atomic E-state index is 0.0219. The number of hydrogen-bond donors (Lipinski definition) is 0. The molecular weight excluding hydrogens is 560 g/mol. The molecule has 0 aliphatic heterocycles. The number of ether oxygens (including phenoxy) is 1. The fourth-order valence-electron chi connectivity index (χ4n) is 5.39. The van der Waals surface area contributed by atoms with E-state index in [2.05, 4.69) is 74.4 Å². The number of hydrogen-bond acceptors (Lipinski definition) is 3. The van der Waals surface area contributed by atoms with Crippen molar-refractivity contribution in [2.75, 3.05) is 0 Å². The van der Waals surface area contributed by atoms with Crippen molar-refractivity contribution in [1.29, 1.82) is 0 Å². The third kappa shape index (κ3) is 6.68. The molecule has 1 saturated carbocycles. The Morgan fingerprint density at radius 3 is 1.89 bits per heavy atom. The Bertz CT molecular complexity index is 1040. The minimum atomic E-state index is -3.06. The number of carbonyl (C=O) groups is 1.